The predicted octanol–water partition coefficient (Wildman–Crippen LogP) is 2.22. The molecule has 1 N–H and O–H groups in total. The molecular formula is C11H16N2O2S. The van der Waals surface area contributed by atoms with Crippen molar-refractivity contribution in [2.24, 2.45) is 7.05 Å². The fourth-order valence-electron chi connectivity index (χ4n) is 2.19. The largest absolute Gasteiger partial charge is 0.480 e. The Morgan fingerprint density at radius 2 is 2.19 bits per heavy atom. The molecule has 1 aromatic rings. The molecule has 2 rings (SSSR count). The summed E-state index contributed by atoms with van der Waals surface area (Å²) in [6, 6.07) is 1.95. The molecule has 0 saturated heterocycles. The first-order chi connectivity index (χ1) is 7.53. The van der Waals surface area contributed by atoms with Gasteiger partial charge < -0.3 is 5.11 Å². The summed E-state index contributed by atoms with van der Waals surface area (Å²) in [7, 11) is 1.86. The van der Waals surface area contributed by atoms with E-state index in [1.54, 1.807) is 4.68 Å². The van der Waals surface area contributed by atoms with Crippen molar-refractivity contribution in [3.63, 3.8) is 0 Å². The van der Waals surface area contributed by atoms with Crippen LogP contribution in [-0.4, -0.2) is 25.6 Å². The summed E-state index contributed by atoms with van der Waals surface area (Å²) in [5, 5.41) is 14.6. The highest BCUT2D eigenvalue weighted by Crippen LogP contribution is 2.45. The minimum atomic E-state index is -0.686. The molecule has 0 radical (unpaired) electrons. The lowest BCUT2D eigenvalue weighted by molar-refractivity contribution is -0.139. The maximum atomic E-state index is 11.4. The minimum absolute atomic E-state index is 0.625. The number of carboxylic acid groups (broad SMARTS) is 1. The zero-order chi connectivity index (χ0) is 11.8. The van der Waals surface area contributed by atoms with Gasteiger partial charge in [0, 0.05) is 7.05 Å². The number of aryl methyl sites for hydroxylation is 2. The Morgan fingerprint density at radius 3 is 2.62 bits per heavy atom. The highest BCUT2D eigenvalue weighted by atomic mass is 32.2. The third-order valence-corrected chi connectivity index (χ3v) is 4.62. The van der Waals surface area contributed by atoms with Crippen LogP contribution in [-0.2, 0) is 11.8 Å². The van der Waals surface area contributed by atoms with Crippen LogP contribution < -0.4 is 0 Å². The van der Waals surface area contributed by atoms with E-state index in [4.69, 9.17) is 0 Å². The zero-order valence-corrected chi connectivity index (χ0v) is 10.4. The number of rotatable bonds is 3. The van der Waals surface area contributed by atoms with Crippen LogP contribution in [0.3, 0.4) is 0 Å². The third-order valence-electron chi connectivity index (χ3n) is 3.06. The number of aromatic nitrogens is 2. The van der Waals surface area contributed by atoms with Gasteiger partial charge in [0.1, 0.15) is 4.75 Å². The first-order valence-corrected chi connectivity index (χ1v) is 6.28. The van der Waals surface area contributed by atoms with Crippen LogP contribution in [0.1, 0.15) is 31.4 Å². The van der Waals surface area contributed by atoms with Crippen LogP contribution in [0.15, 0.2) is 11.1 Å². The first kappa shape index (κ1) is 11.5. The average molecular weight is 240 g/mol. The van der Waals surface area contributed by atoms with E-state index >= 15 is 0 Å². The van der Waals surface area contributed by atoms with Gasteiger partial charge in [0.05, 0.1) is 10.7 Å². The monoisotopic (exact) mass is 240 g/mol. The molecule has 1 aliphatic carbocycles. The van der Waals surface area contributed by atoms with Gasteiger partial charge in [-0.3, -0.25) is 9.48 Å². The number of aliphatic carboxylic acids is 1. The van der Waals surface area contributed by atoms with Crippen LogP contribution in [0.25, 0.3) is 0 Å². The van der Waals surface area contributed by atoms with E-state index in [0.717, 1.165) is 36.4 Å². The molecule has 16 heavy (non-hydrogen) atoms. The van der Waals surface area contributed by atoms with Gasteiger partial charge in [0.2, 0.25) is 0 Å². The lowest BCUT2D eigenvalue weighted by atomic mass is 10.1. The minimum Gasteiger partial charge on any atom is -0.480 e. The summed E-state index contributed by atoms with van der Waals surface area (Å²) in [5.41, 5.74) is 0.934. The Kier molecular flexibility index (Phi) is 2.97. The normalized spacial score (nSPS) is 18.9. The number of thioether (sulfide) groups is 1. The molecule has 88 valence electrons. The lowest BCUT2D eigenvalue weighted by Gasteiger charge is -2.22. The second kappa shape index (κ2) is 4.13. The third kappa shape index (κ3) is 1.96. The maximum Gasteiger partial charge on any atom is 0.320 e. The van der Waals surface area contributed by atoms with Gasteiger partial charge in [-0.25, -0.2) is 0 Å². The topological polar surface area (TPSA) is 55.1 Å². The summed E-state index contributed by atoms with van der Waals surface area (Å²) >= 11 is 1.46. The van der Waals surface area contributed by atoms with Crippen LogP contribution in [0, 0.1) is 6.92 Å². The summed E-state index contributed by atoms with van der Waals surface area (Å²) in [4.78, 5) is 11.4. The van der Waals surface area contributed by atoms with Crippen LogP contribution in [0.5, 0.6) is 0 Å². The number of carbonyl (C=O) groups is 1. The van der Waals surface area contributed by atoms with E-state index in [1.165, 1.54) is 11.8 Å². The summed E-state index contributed by atoms with van der Waals surface area (Å²) in [6.45, 7) is 1.92. The van der Waals surface area contributed by atoms with E-state index in [1.807, 2.05) is 20.0 Å². The van der Waals surface area contributed by atoms with Gasteiger partial charge >= 0.3 is 5.97 Å². The highest BCUT2D eigenvalue weighted by Gasteiger charge is 2.43. The predicted molar refractivity (Wildman–Crippen MR) is 62.6 cm³/mol. The SMILES string of the molecule is Cc1cc(SC2(C(=O)O)CCCC2)n(C)n1. The fourth-order valence-corrected chi connectivity index (χ4v) is 3.57. The van der Waals surface area contributed by atoms with Crippen molar-refractivity contribution >= 4 is 17.7 Å². The van der Waals surface area contributed by atoms with E-state index < -0.39 is 10.7 Å². The molecule has 1 aliphatic rings. The van der Waals surface area contributed by atoms with Gasteiger partial charge in [0.25, 0.3) is 0 Å². The second-order valence-electron chi connectivity index (χ2n) is 4.36. The van der Waals surface area contributed by atoms with Crippen molar-refractivity contribution in [1.82, 2.24) is 9.78 Å². The van der Waals surface area contributed by atoms with Crippen LogP contribution in [0.4, 0.5) is 0 Å². The van der Waals surface area contributed by atoms with E-state index in [9.17, 15) is 9.90 Å². The van der Waals surface area contributed by atoms with Gasteiger partial charge in [-0.2, -0.15) is 5.10 Å². The lowest BCUT2D eigenvalue weighted by Crippen LogP contribution is -2.31. The van der Waals surface area contributed by atoms with Crippen molar-refractivity contribution in [3.05, 3.63) is 11.8 Å². The van der Waals surface area contributed by atoms with Crippen molar-refractivity contribution < 1.29 is 9.90 Å². The quantitative estimate of drug-likeness (QED) is 0.880. The van der Waals surface area contributed by atoms with E-state index in [0.29, 0.717) is 0 Å². The fraction of sp³-hybridized carbons (Fsp3) is 0.636. The van der Waals surface area contributed by atoms with Crippen molar-refractivity contribution in [2.75, 3.05) is 0 Å². The van der Waals surface area contributed by atoms with Crippen molar-refractivity contribution in [3.8, 4) is 0 Å². The molecule has 0 amide bonds. The molecule has 1 heterocycles. The average Bonchev–Trinajstić information content (AvgIpc) is 2.76. The molecule has 0 aliphatic heterocycles. The van der Waals surface area contributed by atoms with Gasteiger partial charge in [-0.05, 0) is 25.8 Å². The standard InChI is InChI=1S/C11H16N2O2S/c1-8-7-9(13(2)12-8)16-11(10(14)15)5-3-4-6-11/h7H,3-6H2,1-2H3,(H,14,15). The summed E-state index contributed by atoms with van der Waals surface area (Å²) in [5.74, 6) is -0.686. The van der Waals surface area contributed by atoms with Gasteiger partial charge in [0.15, 0.2) is 0 Å². The van der Waals surface area contributed by atoms with Gasteiger partial charge in [-0.1, -0.05) is 24.6 Å². The Hall–Kier alpha value is -0.970. The molecule has 0 atom stereocenters. The molecule has 5 heteroatoms. The highest BCUT2D eigenvalue weighted by molar-refractivity contribution is 8.01. The Balaban J connectivity index is 2.24. The molecule has 1 fully saturated rings. The van der Waals surface area contributed by atoms with E-state index in [-0.39, 0.29) is 0 Å². The van der Waals surface area contributed by atoms with Crippen molar-refractivity contribution in [2.45, 2.75) is 42.4 Å². The Labute approximate surface area is 99.0 Å². The smallest absolute Gasteiger partial charge is 0.320 e. The summed E-state index contributed by atoms with van der Waals surface area (Å²) < 4.78 is 1.14. The van der Waals surface area contributed by atoms with E-state index in [2.05, 4.69) is 5.10 Å². The number of hydrogen-bond donors (Lipinski definition) is 1. The van der Waals surface area contributed by atoms with Crippen molar-refractivity contribution in [1.29, 1.82) is 0 Å². The number of nitrogens with zero attached hydrogens (tertiary/aromatic N) is 2. The molecule has 0 aromatic carbocycles. The molecule has 0 bridgehead atoms. The molecule has 1 saturated carbocycles. The molecular weight excluding hydrogens is 224 g/mol. The van der Waals surface area contributed by atoms with Gasteiger partial charge in [-0.15, -0.1) is 0 Å². The number of carboxylic acids is 1. The zero-order valence-electron chi connectivity index (χ0n) is 9.56. The Bertz CT molecular complexity index is 408. The maximum absolute atomic E-state index is 11.4. The van der Waals surface area contributed by atoms with Crippen LogP contribution in [0.2, 0.25) is 0 Å². The number of hydrogen-bond acceptors (Lipinski definition) is 3. The molecule has 1 aromatic heterocycles. The molecule has 4 nitrogen and oxygen atoms in total. The Morgan fingerprint density at radius 1 is 1.56 bits per heavy atom. The van der Waals surface area contributed by atoms with Crippen LogP contribution >= 0.6 is 11.8 Å². The second-order valence-corrected chi connectivity index (χ2v) is 5.76. The first-order valence-electron chi connectivity index (χ1n) is 5.46. The molecule has 0 spiro atoms. The summed E-state index contributed by atoms with van der Waals surface area (Å²) in [6.07, 6.45) is 3.54. The molecule has 0 unspecified atom stereocenters.